The van der Waals surface area contributed by atoms with E-state index in [2.05, 4.69) is 4.99 Å². The van der Waals surface area contributed by atoms with Crippen LogP contribution < -0.4 is 15.2 Å². The maximum Gasteiger partial charge on any atom is 0.363 e. The van der Waals surface area contributed by atoms with E-state index in [1.54, 1.807) is 6.07 Å². The standard InChI is InChI=1S/C19H14ClFN2O5/c1-26-15-8-10(6-13(20)17(15)27-9-16(22)24)7-14-19(25)28-18(23-14)11-2-4-12(21)5-3-11/h2-8H,9H2,1H3,(H2,22,24)/b14-7+. The van der Waals surface area contributed by atoms with Gasteiger partial charge in [0.25, 0.3) is 5.91 Å². The minimum atomic E-state index is -0.666. The van der Waals surface area contributed by atoms with Gasteiger partial charge in [0.15, 0.2) is 23.8 Å². The van der Waals surface area contributed by atoms with Crippen LogP contribution in [-0.2, 0) is 14.3 Å². The minimum Gasteiger partial charge on any atom is -0.493 e. The maximum atomic E-state index is 13.0. The molecule has 0 aromatic heterocycles. The van der Waals surface area contributed by atoms with Crippen LogP contribution in [0.1, 0.15) is 11.1 Å². The van der Waals surface area contributed by atoms with Gasteiger partial charge >= 0.3 is 5.97 Å². The third-order valence-corrected chi connectivity index (χ3v) is 3.91. The lowest BCUT2D eigenvalue weighted by Crippen LogP contribution is -2.20. The molecule has 1 aliphatic heterocycles. The van der Waals surface area contributed by atoms with E-state index >= 15 is 0 Å². The molecular formula is C19H14ClFN2O5. The second kappa shape index (κ2) is 8.10. The molecule has 0 unspecified atom stereocenters. The molecule has 7 nitrogen and oxygen atoms in total. The average molecular weight is 405 g/mol. The van der Waals surface area contributed by atoms with E-state index < -0.39 is 17.7 Å². The first kappa shape index (κ1) is 19.4. The van der Waals surface area contributed by atoms with Crippen LogP contribution in [0.4, 0.5) is 4.39 Å². The van der Waals surface area contributed by atoms with Gasteiger partial charge in [-0.1, -0.05) is 11.6 Å². The molecule has 28 heavy (non-hydrogen) atoms. The van der Waals surface area contributed by atoms with E-state index in [-0.39, 0.29) is 34.7 Å². The van der Waals surface area contributed by atoms with Crippen molar-refractivity contribution in [2.45, 2.75) is 0 Å². The predicted octanol–water partition coefficient (Wildman–Crippen LogP) is 2.70. The molecule has 0 spiro atoms. The highest BCUT2D eigenvalue weighted by Gasteiger charge is 2.24. The number of carbonyl (C=O) groups excluding carboxylic acids is 2. The molecule has 0 saturated carbocycles. The smallest absolute Gasteiger partial charge is 0.363 e. The first-order valence-corrected chi connectivity index (χ1v) is 8.32. The summed E-state index contributed by atoms with van der Waals surface area (Å²) >= 11 is 6.18. The minimum absolute atomic E-state index is 0.0308. The Kier molecular flexibility index (Phi) is 5.60. The lowest BCUT2D eigenvalue weighted by molar-refractivity contribution is -0.130. The van der Waals surface area contributed by atoms with Gasteiger partial charge in [-0.2, -0.15) is 0 Å². The number of primary amides is 1. The van der Waals surface area contributed by atoms with Crippen molar-refractivity contribution < 1.29 is 28.2 Å². The van der Waals surface area contributed by atoms with Crippen LogP contribution >= 0.6 is 11.6 Å². The first-order valence-electron chi connectivity index (χ1n) is 7.94. The molecule has 0 atom stereocenters. The largest absolute Gasteiger partial charge is 0.493 e. The summed E-state index contributed by atoms with van der Waals surface area (Å²) in [5, 5.41) is 0.154. The molecule has 3 rings (SSSR count). The van der Waals surface area contributed by atoms with Crippen LogP contribution in [0.25, 0.3) is 6.08 Å². The third kappa shape index (κ3) is 4.29. The van der Waals surface area contributed by atoms with Gasteiger partial charge in [-0.05, 0) is 48.0 Å². The molecule has 2 aromatic rings. The Morgan fingerprint density at radius 2 is 2.04 bits per heavy atom. The van der Waals surface area contributed by atoms with Crippen molar-refractivity contribution in [3.63, 3.8) is 0 Å². The number of hydrogen-bond donors (Lipinski definition) is 1. The molecule has 0 aliphatic carbocycles. The number of hydrogen-bond acceptors (Lipinski definition) is 6. The summed E-state index contributed by atoms with van der Waals surface area (Å²) in [6.07, 6.45) is 1.45. The van der Waals surface area contributed by atoms with E-state index in [0.717, 1.165) is 0 Å². The van der Waals surface area contributed by atoms with Crippen LogP contribution in [0.15, 0.2) is 47.1 Å². The lowest BCUT2D eigenvalue weighted by Gasteiger charge is -2.12. The van der Waals surface area contributed by atoms with Crippen molar-refractivity contribution in [1.29, 1.82) is 0 Å². The average Bonchev–Trinajstić information content (AvgIpc) is 3.01. The number of cyclic esters (lactones) is 1. The Hall–Kier alpha value is -3.39. The van der Waals surface area contributed by atoms with Gasteiger partial charge in [-0.15, -0.1) is 0 Å². The Labute approximate surface area is 164 Å². The third-order valence-electron chi connectivity index (χ3n) is 3.63. The SMILES string of the molecule is COc1cc(/C=C2/N=C(c3ccc(F)cc3)OC2=O)cc(Cl)c1OCC(N)=O. The topological polar surface area (TPSA) is 100 Å². The number of carbonyl (C=O) groups is 2. The van der Waals surface area contributed by atoms with Crippen LogP contribution in [-0.4, -0.2) is 31.5 Å². The highest BCUT2D eigenvalue weighted by Crippen LogP contribution is 2.37. The maximum absolute atomic E-state index is 13.0. The zero-order valence-electron chi connectivity index (χ0n) is 14.6. The number of ether oxygens (including phenoxy) is 3. The van der Waals surface area contributed by atoms with Gasteiger partial charge in [0.2, 0.25) is 5.90 Å². The molecule has 9 heteroatoms. The number of halogens is 2. The first-order chi connectivity index (χ1) is 13.4. The summed E-state index contributed by atoms with van der Waals surface area (Å²) < 4.78 is 28.6. The number of benzene rings is 2. The fourth-order valence-corrected chi connectivity index (χ4v) is 2.66. The van der Waals surface area contributed by atoms with Gasteiger partial charge in [0.1, 0.15) is 5.82 Å². The van der Waals surface area contributed by atoms with Crippen LogP contribution in [0.5, 0.6) is 11.5 Å². The van der Waals surface area contributed by atoms with Crippen LogP contribution in [0, 0.1) is 5.82 Å². The zero-order chi connectivity index (χ0) is 20.3. The van der Waals surface area contributed by atoms with Crippen molar-refractivity contribution in [2.75, 3.05) is 13.7 Å². The van der Waals surface area contributed by atoms with Crippen molar-refractivity contribution in [1.82, 2.24) is 0 Å². The lowest BCUT2D eigenvalue weighted by atomic mass is 10.1. The molecule has 0 saturated heterocycles. The van der Waals surface area contributed by atoms with Crippen molar-refractivity contribution in [3.8, 4) is 11.5 Å². The highest BCUT2D eigenvalue weighted by molar-refractivity contribution is 6.32. The second-order valence-corrected chi connectivity index (χ2v) is 6.04. The van der Waals surface area contributed by atoms with E-state index in [1.165, 1.54) is 43.5 Å². The fraction of sp³-hybridized carbons (Fsp3) is 0.105. The molecule has 0 radical (unpaired) electrons. The Morgan fingerprint density at radius 1 is 1.32 bits per heavy atom. The van der Waals surface area contributed by atoms with Gasteiger partial charge < -0.3 is 19.9 Å². The fourth-order valence-electron chi connectivity index (χ4n) is 2.39. The summed E-state index contributed by atoms with van der Waals surface area (Å²) in [7, 11) is 1.40. The molecule has 1 aliphatic rings. The number of esters is 1. The van der Waals surface area contributed by atoms with E-state index in [4.69, 9.17) is 31.5 Å². The number of amides is 1. The van der Waals surface area contributed by atoms with Crippen molar-refractivity contribution >= 4 is 35.5 Å². The summed E-state index contributed by atoms with van der Waals surface area (Å²) in [4.78, 5) is 27.1. The predicted molar refractivity (Wildman–Crippen MR) is 99.7 cm³/mol. The molecule has 0 fully saturated rings. The summed E-state index contributed by atoms with van der Waals surface area (Å²) in [6.45, 7) is -0.367. The zero-order valence-corrected chi connectivity index (χ0v) is 15.3. The summed E-state index contributed by atoms with van der Waals surface area (Å²) in [6, 6.07) is 8.44. The molecule has 144 valence electrons. The van der Waals surface area contributed by atoms with E-state index in [0.29, 0.717) is 11.1 Å². The molecule has 1 heterocycles. The summed E-state index contributed by atoms with van der Waals surface area (Å²) in [5.74, 6) is -1.28. The molecule has 2 aromatic carbocycles. The van der Waals surface area contributed by atoms with E-state index in [9.17, 15) is 14.0 Å². The molecule has 1 amide bonds. The van der Waals surface area contributed by atoms with E-state index in [1.807, 2.05) is 0 Å². The molecule has 2 N–H and O–H groups in total. The van der Waals surface area contributed by atoms with Gasteiger partial charge in [0, 0.05) is 5.56 Å². The Morgan fingerprint density at radius 3 is 2.68 bits per heavy atom. The second-order valence-electron chi connectivity index (χ2n) is 5.63. The Bertz CT molecular complexity index is 1000. The number of nitrogens with zero attached hydrogens (tertiary/aromatic N) is 1. The number of nitrogens with two attached hydrogens (primary N) is 1. The monoisotopic (exact) mass is 404 g/mol. The van der Waals surface area contributed by atoms with Crippen LogP contribution in [0.2, 0.25) is 5.02 Å². The normalized spacial score (nSPS) is 14.6. The number of aliphatic imine (C=N–C) groups is 1. The van der Waals surface area contributed by atoms with Crippen molar-refractivity contribution in [2.24, 2.45) is 10.7 Å². The Balaban J connectivity index is 1.91. The molecular weight excluding hydrogens is 391 g/mol. The van der Waals surface area contributed by atoms with Gasteiger partial charge in [0.05, 0.1) is 12.1 Å². The number of methoxy groups -OCH3 is 1. The summed E-state index contributed by atoms with van der Waals surface area (Å²) in [5.41, 5.74) is 6.04. The van der Waals surface area contributed by atoms with Crippen molar-refractivity contribution in [3.05, 3.63) is 64.1 Å². The van der Waals surface area contributed by atoms with Crippen LogP contribution in [0.3, 0.4) is 0 Å². The van der Waals surface area contributed by atoms with Gasteiger partial charge in [-0.25, -0.2) is 14.2 Å². The quantitative estimate of drug-likeness (QED) is 0.589. The molecule has 0 bridgehead atoms. The number of rotatable bonds is 6. The van der Waals surface area contributed by atoms with Gasteiger partial charge in [-0.3, -0.25) is 4.79 Å². The highest BCUT2D eigenvalue weighted by atomic mass is 35.5.